The zero-order valence-corrected chi connectivity index (χ0v) is 11.3. The summed E-state index contributed by atoms with van der Waals surface area (Å²) in [4.78, 5) is 17.8. The van der Waals surface area contributed by atoms with Crippen molar-refractivity contribution in [3.05, 3.63) is 18.2 Å². The minimum Gasteiger partial charge on any atom is -0.481 e. The Bertz CT molecular complexity index is 441. The zero-order chi connectivity index (χ0) is 13.3. The second kappa shape index (κ2) is 4.72. The van der Waals surface area contributed by atoms with E-state index in [9.17, 15) is 9.90 Å². The molecule has 1 aliphatic rings. The van der Waals surface area contributed by atoms with Gasteiger partial charge in [0.1, 0.15) is 0 Å². The molecule has 0 bridgehead atoms. The average Bonchev–Trinajstić information content (AvgIpc) is 2.88. The van der Waals surface area contributed by atoms with Gasteiger partial charge in [0.15, 0.2) is 0 Å². The number of rotatable bonds is 4. The molecule has 0 spiro atoms. The summed E-state index contributed by atoms with van der Waals surface area (Å²) in [7, 11) is 1.96. The summed E-state index contributed by atoms with van der Waals surface area (Å²) in [6, 6.07) is 0. The van der Waals surface area contributed by atoms with Crippen LogP contribution in [0.1, 0.15) is 26.0 Å². The van der Waals surface area contributed by atoms with Gasteiger partial charge in [-0.25, -0.2) is 4.98 Å². The molecule has 0 amide bonds. The summed E-state index contributed by atoms with van der Waals surface area (Å²) < 4.78 is 1.98. The number of nitrogens with zero attached hydrogens (tertiary/aromatic N) is 3. The standard InChI is InChI=1S/C13H21N3O2/c1-10(2)13(12(17)18)4-5-16(8-13)7-11-6-14-9-15(11)3/h6,9-10H,4-5,7-8H2,1-3H3,(H,17,18). The first-order valence-corrected chi connectivity index (χ1v) is 6.36. The number of likely N-dealkylation sites (tertiary alicyclic amines) is 1. The number of carbonyl (C=O) groups is 1. The van der Waals surface area contributed by atoms with E-state index in [0.717, 1.165) is 25.2 Å². The molecule has 0 saturated carbocycles. The molecular weight excluding hydrogens is 230 g/mol. The molecule has 1 aliphatic heterocycles. The molecule has 100 valence electrons. The quantitative estimate of drug-likeness (QED) is 0.877. The van der Waals surface area contributed by atoms with Crippen molar-refractivity contribution in [3.63, 3.8) is 0 Å². The number of imidazole rings is 1. The molecule has 1 fully saturated rings. The Kier molecular flexibility index (Phi) is 3.43. The van der Waals surface area contributed by atoms with E-state index in [1.54, 1.807) is 6.33 Å². The Balaban J connectivity index is 2.08. The Morgan fingerprint density at radius 1 is 1.61 bits per heavy atom. The van der Waals surface area contributed by atoms with E-state index in [4.69, 9.17) is 0 Å². The largest absolute Gasteiger partial charge is 0.481 e. The molecule has 2 heterocycles. The van der Waals surface area contributed by atoms with Crippen LogP contribution in [0.25, 0.3) is 0 Å². The lowest BCUT2D eigenvalue weighted by molar-refractivity contribution is -0.151. The number of carboxylic acid groups (broad SMARTS) is 1. The number of aliphatic carboxylic acids is 1. The molecule has 5 heteroatoms. The summed E-state index contributed by atoms with van der Waals surface area (Å²) in [5, 5.41) is 9.49. The lowest BCUT2D eigenvalue weighted by Crippen LogP contribution is -2.39. The van der Waals surface area contributed by atoms with E-state index >= 15 is 0 Å². The highest BCUT2D eigenvalue weighted by Gasteiger charge is 2.47. The van der Waals surface area contributed by atoms with Crippen LogP contribution in [-0.2, 0) is 18.4 Å². The van der Waals surface area contributed by atoms with Gasteiger partial charge in [-0.3, -0.25) is 9.69 Å². The SMILES string of the molecule is CC(C)C1(C(=O)O)CCN(Cc2cncn2C)C1. The highest BCUT2D eigenvalue weighted by molar-refractivity contribution is 5.75. The minimum atomic E-state index is -0.662. The van der Waals surface area contributed by atoms with Crippen LogP contribution in [0, 0.1) is 11.3 Å². The first-order valence-electron chi connectivity index (χ1n) is 6.36. The maximum atomic E-state index is 11.5. The molecular formula is C13H21N3O2. The summed E-state index contributed by atoms with van der Waals surface area (Å²) >= 11 is 0. The van der Waals surface area contributed by atoms with E-state index < -0.39 is 11.4 Å². The fraction of sp³-hybridized carbons (Fsp3) is 0.692. The van der Waals surface area contributed by atoms with Gasteiger partial charge in [0.25, 0.3) is 0 Å². The number of hydrogen-bond donors (Lipinski definition) is 1. The van der Waals surface area contributed by atoms with Crippen LogP contribution >= 0.6 is 0 Å². The molecule has 1 aromatic rings. The van der Waals surface area contributed by atoms with Crippen molar-refractivity contribution in [1.82, 2.24) is 14.5 Å². The second-order valence-corrected chi connectivity index (χ2v) is 5.57. The zero-order valence-electron chi connectivity index (χ0n) is 11.3. The Morgan fingerprint density at radius 3 is 2.78 bits per heavy atom. The molecule has 1 N–H and O–H groups in total. The fourth-order valence-electron chi connectivity index (χ4n) is 2.71. The smallest absolute Gasteiger partial charge is 0.311 e. The molecule has 0 radical (unpaired) electrons. The predicted octanol–water partition coefficient (Wildman–Crippen LogP) is 1.35. The fourth-order valence-corrected chi connectivity index (χ4v) is 2.71. The van der Waals surface area contributed by atoms with Crippen LogP contribution in [0.5, 0.6) is 0 Å². The van der Waals surface area contributed by atoms with Crippen molar-refractivity contribution in [2.45, 2.75) is 26.8 Å². The molecule has 0 aromatic carbocycles. The van der Waals surface area contributed by atoms with Crippen molar-refractivity contribution in [2.24, 2.45) is 18.4 Å². The van der Waals surface area contributed by atoms with E-state index in [2.05, 4.69) is 9.88 Å². The second-order valence-electron chi connectivity index (χ2n) is 5.57. The van der Waals surface area contributed by atoms with Gasteiger partial charge < -0.3 is 9.67 Å². The molecule has 2 rings (SSSR count). The number of hydrogen-bond acceptors (Lipinski definition) is 3. The molecule has 1 atom stereocenters. The van der Waals surface area contributed by atoms with Gasteiger partial charge in [-0.2, -0.15) is 0 Å². The van der Waals surface area contributed by atoms with Gasteiger partial charge >= 0.3 is 5.97 Å². The molecule has 18 heavy (non-hydrogen) atoms. The van der Waals surface area contributed by atoms with Crippen molar-refractivity contribution in [2.75, 3.05) is 13.1 Å². The first-order chi connectivity index (χ1) is 8.45. The molecule has 1 saturated heterocycles. The van der Waals surface area contributed by atoms with Crippen LogP contribution in [0.15, 0.2) is 12.5 Å². The van der Waals surface area contributed by atoms with Crippen LogP contribution in [0.2, 0.25) is 0 Å². The van der Waals surface area contributed by atoms with Crippen molar-refractivity contribution in [1.29, 1.82) is 0 Å². The summed E-state index contributed by atoms with van der Waals surface area (Å²) in [5.74, 6) is -0.503. The van der Waals surface area contributed by atoms with Crippen molar-refractivity contribution < 1.29 is 9.90 Å². The topological polar surface area (TPSA) is 58.4 Å². The summed E-state index contributed by atoms with van der Waals surface area (Å²) in [6.45, 7) is 6.25. The third kappa shape index (κ3) is 2.14. The third-order valence-corrected chi connectivity index (χ3v) is 4.21. The normalized spacial score (nSPS) is 24.9. The van der Waals surface area contributed by atoms with Crippen LogP contribution in [-0.4, -0.2) is 38.6 Å². The molecule has 1 aromatic heterocycles. The van der Waals surface area contributed by atoms with Crippen LogP contribution in [0.3, 0.4) is 0 Å². The van der Waals surface area contributed by atoms with Gasteiger partial charge in [-0.05, 0) is 18.9 Å². The van der Waals surface area contributed by atoms with Gasteiger partial charge in [-0.1, -0.05) is 13.8 Å². The van der Waals surface area contributed by atoms with E-state index in [0.29, 0.717) is 6.54 Å². The minimum absolute atomic E-state index is 0.159. The number of aromatic nitrogens is 2. The van der Waals surface area contributed by atoms with Crippen LogP contribution < -0.4 is 0 Å². The number of carboxylic acids is 1. The Labute approximate surface area is 107 Å². The molecule has 1 unspecified atom stereocenters. The monoisotopic (exact) mass is 251 g/mol. The van der Waals surface area contributed by atoms with Gasteiger partial charge in [0.05, 0.1) is 17.4 Å². The van der Waals surface area contributed by atoms with Crippen molar-refractivity contribution in [3.8, 4) is 0 Å². The number of aryl methyl sites for hydroxylation is 1. The van der Waals surface area contributed by atoms with E-state index in [1.165, 1.54) is 0 Å². The Hall–Kier alpha value is -1.36. The summed E-state index contributed by atoms with van der Waals surface area (Å²) in [6.07, 6.45) is 4.35. The molecule has 5 nitrogen and oxygen atoms in total. The lowest BCUT2D eigenvalue weighted by atomic mass is 9.76. The third-order valence-electron chi connectivity index (χ3n) is 4.21. The van der Waals surface area contributed by atoms with Gasteiger partial charge in [-0.15, -0.1) is 0 Å². The van der Waals surface area contributed by atoms with Crippen LogP contribution in [0.4, 0.5) is 0 Å². The van der Waals surface area contributed by atoms with Gasteiger partial charge in [0, 0.05) is 26.3 Å². The molecule has 0 aliphatic carbocycles. The van der Waals surface area contributed by atoms with Gasteiger partial charge in [0.2, 0.25) is 0 Å². The lowest BCUT2D eigenvalue weighted by Gasteiger charge is -2.28. The predicted molar refractivity (Wildman–Crippen MR) is 68.0 cm³/mol. The van der Waals surface area contributed by atoms with E-state index in [-0.39, 0.29) is 5.92 Å². The average molecular weight is 251 g/mol. The maximum Gasteiger partial charge on any atom is 0.311 e. The highest BCUT2D eigenvalue weighted by atomic mass is 16.4. The maximum absolute atomic E-state index is 11.5. The first kappa shape index (κ1) is 13.1. The van der Waals surface area contributed by atoms with E-state index in [1.807, 2.05) is 31.7 Å². The summed E-state index contributed by atoms with van der Waals surface area (Å²) in [5.41, 5.74) is 0.540. The Morgan fingerprint density at radius 2 is 2.33 bits per heavy atom. The highest BCUT2D eigenvalue weighted by Crippen LogP contribution is 2.38. The van der Waals surface area contributed by atoms with Crippen molar-refractivity contribution >= 4 is 5.97 Å².